The Hall–Kier alpha value is -2.60. The van der Waals surface area contributed by atoms with Gasteiger partial charge in [-0.2, -0.15) is 0 Å². The largest absolute Gasteiger partial charge is 0.489 e. The van der Waals surface area contributed by atoms with E-state index in [1.165, 1.54) is 6.07 Å². The maximum Gasteiger partial charge on any atom is 0.191 e. The molecular weight excluding hydrogens is 345 g/mol. The second-order valence-electron chi connectivity index (χ2n) is 6.36. The van der Waals surface area contributed by atoms with Gasteiger partial charge in [0.05, 0.1) is 13.2 Å². The molecule has 0 saturated carbocycles. The molecule has 0 radical (unpaired) electrons. The molecule has 2 aromatic rings. The van der Waals surface area contributed by atoms with E-state index in [1.54, 1.807) is 26.3 Å². The van der Waals surface area contributed by atoms with Crippen LogP contribution in [0.2, 0.25) is 0 Å². The van der Waals surface area contributed by atoms with Gasteiger partial charge in [0, 0.05) is 26.3 Å². The minimum atomic E-state index is -0.259. The third-order valence-electron chi connectivity index (χ3n) is 4.07. The Morgan fingerprint density at radius 3 is 2.67 bits per heavy atom. The highest BCUT2D eigenvalue weighted by atomic mass is 19.1. The molecular formula is C21H28FN3O2. The maximum atomic E-state index is 13.7. The summed E-state index contributed by atoms with van der Waals surface area (Å²) in [6.45, 7) is 5.41. The third kappa shape index (κ3) is 6.57. The number of aryl methyl sites for hydroxylation is 1. The van der Waals surface area contributed by atoms with E-state index in [0.717, 1.165) is 16.9 Å². The third-order valence-corrected chi connectivity index (χ3v) is 4.07. The second kappa shape index (κ2) is 10.5. The van der Waals surface area contributed by atoms with Crippen LogP contribution in [-0.4, -0.2) is 32.8 Å². The number of nitrogens with zero attached hydrogens (tertiary/aromatic N) is 1. The molecule has 0 heterocycles. The van der Waals surface area contributed by atoms with E-state index in [4.69, 9.17) is 9.47 Å². The number of para-hydroxylation sites is 1. The molecule has 0 amide bonds. The van der Waals surface area contributed by atoms with Crippen LogP contribution in [0.15, 0.2) is 47.5 Å². The van der Waals surface area contributed by atoms with Crippen molar-refractivity contribution in [3.8, 4) is 5.75 Å². The zero-order chi connectivity index (χ0) is 19.6. The van der Waals surface area contributed by atoms with Crippen molar-refractivity contribution in [3.05, 3.63) is 65.0 Å². The number of ether oxygens (including phenoxy) is 2. The summed E-state index contributed by atoms with van der Waals surface area (Å²) in [5, 5.41) is 6.47. The van der Waals surface area contributed by atoms with E-state index >= 15 is 0 Å². The Kier molecular flexibility index (Phi) is 8.07. The molecule has 0 bridgehead atoms. The molecule has 0 aliphatic carbocycles. The van der Waals surface area contributed by atoms with Crippen LogP contribution in [0.3, 0.4) is 0 Å². The SMILES string of the molecule is CN=C(NCc1ccc(F)c(COC)c1)NCC(C)Oc1ccccc1C. The lowest BCUT2D eigenvalue weighted by Crippen LogP contribution is -2.41. The van der Waals surface area contributed by atoms with Gasteiger partial charge in [-0.05, 0) is 43.2 Å². The number of hydrogen-bond donors (Lipinski definition) is 2. The number of methoxy groups -OCH3 is 1. The summed E-state index contributed by atoms with van der Waals surface area (Å²) >= 11 is 0. The molecule has 1 atom stereocenters. The highest BCUT2D eigenvalue weighted by Gasteiger charge is 2.08. The molecule has 146 valence electrons. The van der Waals surface area contributed by atoms with Crippen molar-refractivity contribution in [2.45, 2.75) is 33.1 Å². The summed E-state index contributed by atoms with van der Waals surface area (Å²) in [6.07, 6.45) is -0.0243. The number of halogens is 1. The average Bonchev–Trinajstić information content (AvgIpc) is 2.66. The quantitative estimate of drug-likeness (QED) is 0.550. The van der Waals surface area contributed by atoms with Crippen molar-refractivity contribution in [1.82, 2.24) is 10.6 Å². The summed E-state index contributed by atoms with van der Waals surface area (Å²) in [4.78, 5) is 4.22. The molecule has 5 nitrogen and oxygen atoms in total. The number of aliphatic imine (C=N–C) groups is 1. The van der Waals surface area contributed by atoms with Crippen molar-refractivity contribution in [1.29, 1.82) is 0 Å². The molecule has 2 aromatic carbocycles. The van der Waals surface area contributed by atoms with Crippen LogP contribution in [0.5, 0.6) is 5.75 Å². The van der Waals surface area contributed by atoms with E-state index in [9.17, 15) is 4.39 Å². The van der Waals surface area contributed by atoms with E-state index in [1.807, 2.05) is 38.1 Å². The minimum absolute atomic E-state index is 0.0243. The first-order valence-electron chi connectivity index (χ1n) is 8.96. The number of hydrogen-bond acceptors (Lipinski definition) is 3. The number of nitrogens with one attached hydrogen (secondary N) is 2. The first kappa shape index (κ1) is 20.7. The van der Waals surface area contributed by atoms with Gasteiger partial charge in [0.25, 0.3) is 0 Å². The monoisotopic (exact) mass is 373 g/mol. The number of rotatable bonds is 8. The lowest BCUT2D eigenvalue weighted by atomic mass is 10.1. The van der Waals surface area contributed by atoms with E-state index in [0.29, 0.717) is 24.6 Å². The topological polar surface area (TPSA) is 54.9 Å². The summed E-state index contributed by atoms with van der Waals surface area (Å²) in [5.74, 6) is 1.28. The van der Waals surface area contributed by atoms with Gasteiger partial charge in [-0.1, -0.05) is 24.3 Å². The summed E-state index contributed by atoms with van der Waals surface area (Å²) in [5.41, 5.74) is 2.60. The molecule has 6 heteroatoms. The molecule has 0 aliphatic heterocycles. The predicted molar refractivity (Wildman–Crippen MR) is 107 cm³/mol. The number of guanidine groups is 1. The van der Waals surface area contributed by atoms with E-state index in [2.05, 4.69) is 15.6 Å². The first-order chi connectivity index (χ1) is 13.0. The summed E-state index contributed by atoms with van der Waals surface area (Å²) in [6, 6.07) is 12.9. The van der Waals surface area contributed by atoms with Crippen molar-refractivity contribution in [3.63, 3.8) is 0 Å². The minimum Gasteiger partial charge on any atom is -0.489 e. The highest BCUT2D eigenvalue weighted by molar-refractivity contribution is 5.79. The van der Waals surface area contributed by atoms with Gasteiger partial charge in [-0.15, -0.1) is 0 Å². The molecule has 2 rings (SSSR count). The highest BCUT2D eigenvalue weighted by Crippen LogP contribution is 2.17. The van der Waals surface area contributed by atoms with Crippen LogP contribution >= 0.6 is 0 Å². The van der Waals surface area contributed by atoms with Crippen molar-refractivity contribution in [2.24, 2.45) is 4.99 Å². The standard InChI is InChI=1S/C21H28FN3O2/c1-15-7-5-6-8-20(15)27-16(2)12-24-21(23-3)25-13-17-9-10-19(22)18(11-17)14-26-4/h5-11,16H,12-14H2,1-4H3,(H2,23,24,25). The average molecular weight is 373 g/mol. The van der Waals surface area contributed by atoms with Gasteiger partial charge < -0.3 is 20.1 Å². The fraction of sp³-hybridized carbons (Fsp3) is 0.381. The number of benzene rings is 2. The van der Waals surface area contributed by atoms with E-state index in [-0.39, 0.29) is 18.5 Å². The van der Waals surface area contributed by atoms with Crippen LogP contribution in [0.1, 0.15) is 23.6 Å². The Morgan fingerprint density at radius 2 is 1.96 bits per heavy atom. The molecule has 2 N–H and O–H groups in total. The van der Waals surface area contributed by atoms with Gasteiger partial charge in [-0.25, -0.2) is 4.39 Å². The zero-order valence-corrected chi connectivity index (χ0v) is 16.4. The van der Waals surface area contributed by atoms with Crippen LogP contribution in [0.4, 0.5) is 4.39 Å². The lowest BCUT2D eigenvalue weighted by molar-refractivity contribution is 0.181. The molecule has 1 unspecified atom stereocenters. The van der Waals surface area contributed by atoms with Crippen molar-refractivity contribution >= 4 is 5.96 Å². The smallest absolute Gasteiger partial charge is 0.191 e. The Balaban J connectivity index is 1.84. The molecule has 0 aliphatic rings. The van der Waals surface area contributed by atoms with Gasteiger partial charge in [0.2, 0.25) is 0 Å². The summed E-state index contributed by atoms with van der Waals surface area (Å²) < 4.78 is 24.7. The lowest BCUT2D eigenvalue weighted by Gasteiger charge is -2.19. The molecule has 0 fully saturated rings. The van der Waals surface area contributed by atoms with Gasteiger partial charge in [-0.3, -0.25) is 4.99 Å². The molecule has 0 aromatic heterocycles. The Morgan fingerprint density at radius 1 is 1.19 bits per heavy atom. The van der Waals surface area contributed by atoms with Crippen molar-refractivity contribution in [2.75, 3.05) is 20.7 Å². The maximum absolute atomic E-state index is 13.7. The van der Waals surface area contributed by atoms with Gasteiger partial charge in [0.1, 0.15) is 17.7 Å². The normalized spacial score (nSPS) is 12.6. The van der Waals surface area contributed by atoms with Crippen LogP contribution in [0, 0.1) is 12.7 Å². The second-order valence-corrected chi connectivity index (χ2v) is 6.36. The Bertz CT molecular complexity index is 765. The predicted octanol–water partition coefficient (Wildman–Crippen LogP) is 3.41. The first-order valence-corrected chi connectivity index (χ1v) is 8.96. The molecule has 0 spiro atoms. The zero-order valence-electron chi connectivity index (χ0n) is 16.4. The Labute approximate surface area is 160 Å². The van der Waals surface area contributed by atoms with Crippen molar-refractivity contribution < 1.29 is 13.9 Å². The van der Waals surface area contributed by atoms with Gasteiger partial charge >= 0.3 is 0 Å². The van der Waals surface area contributed by atoms with Gasteiger partial charge in [0.15, 0.2) is 5.96 Å². The van der Waals surface area contributed by atoms with Crippen LogP contribution < -0.4 is 15.4 Å². The van der Waals surface area contributed by atoms with Crippen LogP contribution in [-0.2, 0) is 17.9 Å². The molecule has 0 saturated heterocycles. The van der Waals surface area contributed by atoms with E-state index < -0.39 is 0 Å². The molecule has 27 heavy (non-hydrogen) atoms. The fourth-order valence-corrected chi connectivity index (χ4v) is 2.60. The summed E-state index contributed by atoms with van der Waals surface area (Å²) in [7, 11) is 3.26. The fourth-order valence-electron chi connectivity index (χ4n) is 2.60. The van der Waals surface area contributed by atoms with Crippen LogP contribution in [0.25, 0.3) is 0 Å².